The summed E-state index contributed by atoms with van der Waals surface area (Å²) < 4.78 is 0. The maximum atomic E-state index is 9.01. The molecule has 0 aliphatic heterocycles. The van der Waals surface area contributed by atoms with Gasteiger partial charge in [0.2, 0.25) is 0 Å². The van der Waals surface area contributed by atoms with Crippen LogP contribution in [0.5, 0.6) is 0 Å². The third kappa shape index (κ3) is 3.56. The molecule has 2 aromatic rings. The van der Waals surface area contributed by atoms with Crippen molar-refractivity contribution in [3.63, 3.8) is 0 Å². The smallest absolute Gasteiger partial charge is 0.0669 e. The SMILES string of the molecule is CCC(C#N)CN(C)Cc1ccc2ccccc2c1. The number of nitrogens with zero attached hydrogens (tertiary/aromatic N) is 2. The number of hydrogen-bond acceptors (Lipinski definition) is 2. The molecule has 0 radical (unpaired) electrons. The molecule has 0 aliphatic carbocycles. The van der Waals surface area contributed by atoms with E-state index in [1.807, 2.05) is 0 Å². The summed E-state index contributed by atoms with van der Waals surface area (Å²) in [7, 11) is 2.08. The average Bonchev–Trinajstić information content (AvgIpc) is 2.44. The molecule has 0 aromatic heterocycles. The molecule has 0 fully saturated rings. The second-order valence-corrected chi connectivity index (χ2v) is 5.11. The average molecular weight is 252 g/mol. The Labute approximate surface area is 115 Å². The van der Waals surface area contributed by atoms with E-state index in [4.69, 9.17) is 5.26 Å². The molecule has 19 heavy (non-hydrogen) atoms. The Morgan fingerprint density at radius 2 is 1.89 bits per heavy atom. The van der Waals surface area contributed by atoms with Crippen LogP contribution in [0.25, 0.3) is 10.8 Å². The first-order chi connectivity index (χ1) is 9.22. The molecule has 0 N–H and O–H groups in total. The minimum atomic E-state index is 0.130. The van der Waals surface area contributed by atoms with Crippen molar-refractivity contribution >= 4 is 10.8 Å². The predicted molar refractivity (Wildman–Crippen MR) is 79.7 cm³/mol. The molecule has 98 valence electrons. The minimum absolute atomic E-state index is 0.130. The first-order valence-electron chi connectivity index (χ1n) is 6.78. The molecule has 0 spiro atoms. The van der Waals surface area contributed by atoms with E-state index in [9.17, 15) is 0 Å². The van der Waals surface area contributed by atoms with Crippen molar-refractivity contribution in [3.05, 3.63) is 48.0 Å². The summed E-state index contributed by atoms with van der Waals surface area (Å²) in [6, 6.07) is 17.3. The molecular weight excluding hydrogens is 232 g/mol. The minimum Gasteiger partial charge on any atom is -0.301 e. The van der Waals surface area contributed by atoms with E-state index >= 15 is 0 Å². The molecular formula is C17H20N2. The quantitative estimate of drug-likeness (QED) is 0.808. The van der Waals surface area contributed by atoms with Crippen LogP contribution in [-0.2, 0) is 6.54 Å². The summed E-state index contributed by atoms with van der Waals surface area (Å²) >= 11 is 0. The monoisotopic (exact) mass is 252 g/mol. The van der Waals surface area contributed by atoms with Gasteiger partial charge in [0, 0.05) is 13.1 Å². The summed E-state index contributed by atoms with van der Waals surface area (Å²) in [6.07, 6.45) is 0.915. The second-order valence-electron chi connectivity index (χ2n) is 5.11. The van der Waals surface area contributed by atoms with Gasteiger partial charge in [-0.25, -0.2) is 0 Å². The lowest BCUT2D eigenvalue weighted by Gasteiger charge is -2.19. The van der Waals surface area contributed by atoms with Crippen molar-refractivity contribution in [3.8, 4) is 6.07 Å². The summed E-state index contributed by atoms with van der Waals surface area (Å²) in [6.45, 7) is 3.79. The maximum Gasteiger partial charge on any atom is 0.0669 e. The zero-order valence-electron chi connectivity index (χ0n) is 11.6. The van der Waals surface area contributed by atoms with E-state index in [2.05, 4.69) is 67.4 Å². The standard InChI is InChI=1S/C17H20N2/c1-3-14(11-18)12-19(2)13-15-8-9-16-6-4-5-7-17(16)10-15/h4-10,14H,3,12-13H2,1-2H3. The Bertz CT molecular complexity index is 583. The van der Waals surface area contributed by atoms with E-state index in [0.29, 0.717) is 0 Å². The summed E-state index contributed by atoms with van der Waals surface area (Å²) in [5.74, 6) is 0.130. The first-order valence-corrected chi connectivity index (χ1v) is 6.78. The Kier molecular flexibility index (Phi) is 4.54. The lowest BCUT2D eigenvalue weighted by molar-refractivity contribution is 0.292. The van der Waals surface area contributed by atoms with Crippen LogP contribution in [0.15, 0.2) is 42.5 Å². The van der Waals surface area contributed by atoms with E-state index < -0.39 is 0 Å². The van der Waals surface area contributed by atoms with E-state index in [-0.39, 0.29) is 5.92 Å². The van der Waals surface area contributed by atoms with Crippen LogP contribution in [0.1, 0.15) is 18.9 Å². The fourth-order valence-corrected chi connectivity index (χ4v) is 2.35. The lowest BCUT2D eigenvalue weighted by atomic mass is 10.1. The molecule has 0 bridgehead atoms. The lowest BCUT2D eigenvalue weighted by Crippen LogP contribution is -2.24. The van der Waals surface area contributed by atoms with Gasteiger partial charge in [-0.3, -0.25) is 0 Å². The highest BCUT2D eigenvalue weighted by atomic mass is 15.1. The zero-order valence-corrected chi connectivity index (χ0v) is 11.6. The molecule has 0 saturated heterocycles. The van der Waals surface area contributed by atoms with Crippen LogP contribution < -0.4 is 0 Å². The molecule has 0 saturated carbocycles. The molecule has 2 nitrogen and oxygen atoms in total. The number of fused-ring (bicyclic) bond motifs is 1. The van der Waals surface area contributed by atoms with Crippen LogP contribution in [-0.4, -0.2) is 18.5 Å². The summed E-state index contributed by atoms with van der Waals surface area (Å²) in [4.78, 5) is 2.22. The molecule has 2 heteroatoms. The van der Waals surface area contributed by atoms with Crippen LogP contribution in [0, 0.1) is 17.2 Å². The Balaban J connectivity index is 2.07. The fraction of sp³-hybridized carbons (Fsp3) is 0.353. The van der Waals surface area contributed by atoms with Gasteiger partial charge in [-0.2, -0.15) is 5.26 Å². The van der Waals surface area contributed by atoms with E-state index in [0.717, 1.165) is 19.5 Å². The highest BCUT2D eigenvalue weighted by Gasteiger charge is 2.09. The third-order valence-corrected chi connectivity index (χ3v) is 3.47. The zero-order chi connectivity index (χ0) is 13.7. The van der Waals surface area contributed by atoms with Crippen molar-refractivity contribution in [1.29, 1.82) is 5.26 Å². The van der Waals surface area contributed by atoms with E-state index in [1.54, 1.807) is 0 Å². The summed E-state index contributed by atoms with van der Waals surface area (Å²) in [5, 5.41) is 11.6. The number of hydrogen-bond donors (Lipinski definition) is 0. The Morgan fingerprint density at radius 3 is 2.58 bits per heavy atom. The van der Waals surface area contributed by atoms with Gasteiger partial charge in [-0.15, -0.1) is 0 Å². The van der Waals surface area contributed by atoms with Crippen molar-refractivity contribution in [2.75, 3.05) is 13.6 Å². The molecule has 0 amide bonds. The molecule has 1 atom stereocenters. The highest BCUT2D eigenvalue weighted by molar-refractivity contribution is 5.82. The third-order valence-electron chi connectivity index (χ3n) is 3.47. The van der Waals surface area contributed by atoms with Crippen LogP contribution in [0.2, 0.25) is 0 Å². The van der Waals surface area contributed by atoms with Gasteiger partial charge in [0.25, 0.3) is 0 Å². The Hall–Kier alpha value is -1.85. The fourth-order valence-electron chi connectivity index (χ4n) is 2.35. The predicted octanol–water partition coefficient (Wildman–Crippen LogP) is 3.82. The molecule has 1 unspecified atom stereocenters. The number of nitriles is 1. The van der Waals surface area contributed by atoms with Crippen LogP contribution in [0.4, 0.5) is 0 Å². The van der Waals surface area contributed by atoms with Gasteiger partial charge in [0.1, 0.15) is 0 Å². The van der Waals surface area contributed by atoms with Crippen molar-refractivity contribution < 1.29 is 0 Å². The van der Waals surface area contributed by atoms with Gasteiger partial charge in [-0.1, -0.05) is 43.3 Å². The maximum absolute atomic E-state index is 9.01. The molecule has 0 heterocycles. The van der Waals surface area contributed by atoms with Crippen LogP contribution in [0.3, 0.4) is 0 Å². The van der Waals surface area contributed by atoms with Gasteiger partial charge >= 0.3 is 0 Å². The highest BCUT2D eigenvalue weighted by Crippen LogP contribution is 2.17. The topological polar surface area (TPSA) is 27.0 Å². The number of rotatable bonds is 5. The first kappa shape index (κ1) is 13.6. The summed E-state index contributed by atoms with van der Waals surface area (Å²) in [5.41, 5.74) is 1.30. The van der Waals surface area contributed by atoms with Crippen molar-refractivity contribution in [2.24, 2.45) is 5.92 Å². The van der Waals surface area contributed by atoms with E-state index in [1.165, 1.54) is 16.3 Å². The van der Waals surface area contributed by atoms with Gasteiger partial charge in [-0.05, 0) is 35.9 Å². The normalized spacial score (nSPS) is 12.5. The number of benzene rings is 2. The second kappa shape index (κ2) is 6.36. The van der Waals surface area contributed by atoms with Crippen LogP contribution >= 0.6 is 0 Å². The Morgan fingerprint density at radius 1 is 1.16 bits per heavy atom. The molecule has 0 aliphatic rings. The van der Waals surface area contributed by atoms with Gasteiger partial charge in [0.05, 0.1) is 12.0 Å². The largest absolute Gasteiger partial charge is 0.301 e. The van der Waals surface area contributed by atoms with Gasteiger partial charge < -0.3 is 4.90 Å². The van der Waals surface area contributed by atoms with Gasteiger partial charge in [0.15, 0.2) is 0 Å². The molecule has 2 rings (SSSR count). The molecule has 2 aromatic carbocycles. The van der Waals surface area contributed by atoms with Crippen molar-refractivity contribution in [2.45, 2.75) is 19.9 Å². The van der Waals surface area contributed by atoms with Crippen molar-refractivity contribution in [1.82, 2.24) is 4.90 Å².